The lowest BCUT2D eigenvalue weighted by atomic mass is 10.2. The van der Waals surface area contributed by atoms with E-state index < -0.39 is 0 Å². The maximum absolute atomic E-state index is 5.28. The van der Waals surface area contributed by atoms with E-state index in [1.54, 1.807) is 17.6 Å². The Bertz CT molecular complexity index is 730. The molecule has 0 amide bonds. The molecule has 0 radical (unpaired) electrons. The van der Waals surface area contributed by atoms with Gasteiger partial charge in [0, 0.05) is 49.5 Å². The Labute approximate surface area is 140 Å². The molecule has 0 unspecified atom stereocenters. The largest absolute Gasteiger partial charge is 0.468 e. The number of thiazole rings is 1. The van der Waals surface area contributed by atoms with Crippen LogP contribution in [0.5, 0.6) is 0 Å². The highest BCUT2D eigenvalue weighted by Crippen LogP contribution is 2.23. The molecule has 0 spiro atoms. The van der Waals surface area contributed by atoms with Gasteiger partial charge in [0.05, 0.1) is 23.5 Å². The van der Waals surface area contributed by atoms with E-state index in [2.05, 4.69) is 44.9 Å². The van der Waals surface area contributed by atoms with E-state index in [0.29, 0.717) is 0 Å². The van der Waals surface area contributed by atoms with E-state index in [4.69, 9.17) is 4.42 Å². The van der Waals surface area contributed by atoms with Crippen molar-refractivity contribution >= 4 is 11.3 Å². The van der Waals surface area contributed by atoms with Crippen LogP contribution >= 0.6 is 11.3 Å². The zero-order valence-corrected chi connectivity index (χ0v) is 14.3. The van der Waals surface area contributed by atoms with Gasteiger partial charge in [-0.2, -0.15) is 0 Å². The molecule has 0 aliphatic heterocycles. The predicted octanol–water partition coefficient (Wildman–Crippen LogP) is 2.93. The summed E-state index contributed by atoms with van der Waals surface area (Å²) in [5.41, 5.74) is 3.51. The summed E-state index contributed by atoms with van der Waals surface area (Å²) in [5.74, 6) is 0.968. The van der Waals surface area contributed by atoms with Crippen molar-refractivity contribution in [3.8, 4) is 11.3 Å². The number of hydrogen-bond donors (Lipinski definition) is 2. The molecule has 122 valence electrons. The second kappa shape index (κ2) is 7.59. The Kier molecular flexibility index (Phi) is 5.27. The number of furan rings is 1. The third-order valence-electron chi connectivity index (χ3n) is 3.69. The third-order valence-corrected chi connectivity index (χ3v) is 4.46. The molecular formula is C17H22N4OS. The molecule has 0 saturated carbocycles. The Hall–Kier alpha value is -1.89. The lowest BCUT2D eigenvalue weighted by Crippen LogP contribution is -2.27. The fraction of sp³-hybridized carbons (Fsp3) is 0.353. The van der Waals surface area contributed by atoms with Gasteiger partial charge in [0.15, 0.2) is 0 Å². The number of aryl methyl sites for hydroxylation is 2. The van der Waals surface area contributed by atoms with Crippen molar-refractivity contribution < 1.29 is 4.42 Å². The minimum atomic E-state index is 0.770. The van der Waals surface area contributed by atoms with Crippen LogP contribution in [0, 0.1) is 6.92 Å². The molecule has 6 heteroatoms. The third kappa shape index (κ3) is 4.31. The molecule has 3 aromatic heterocycles. The van der Waals surface area contributed by atoms with E-state index in [9.17, 15) is 0 Å². The molecule has 0 aliphatic carbocycles. The summed E-state index contributed by atoms with van der Waals surface area (Å²) in [6.07, 6.45) is 3.84. The second-order valence-electron chi connectivity index (χ2n) is 5.52. The molecule has 3 heterocycles. The Morgan fingerprint density at radius 2 is 2.09 bits per heavy atom. The summed E-state index contributed by atoms with van der Waals surface area (Å²) in [5, 5.41) is 10.0. The average Bonchev–Trinajstić information content (AvgIpc) is 3.25. The highest BCUT2D eigenvalue weighted by atomic mass is 32.1. The number of nitrogens with one attached hydrogen (secondary N) is 2. The van der Waals surface area contributed by atoms with E-state index in [1.165, 1.54) is 11.3 Å². The van der Waals surface area contributed by atoms with Crippen LogP contribution in [-0.2, 0) is 20.1 Å². The summed E-state index contributed by atoms with van der Waals surface area (Å²) in [4.78, 5) is 4.55. The van der Waals surface area contributed by atoms with Crippen LogP contribution in [0.15, 0.2) is 40.5 Å². The first-order valence-electron chi connectivity index (χ1n) is 7.74. The van der Waals surface area contributed by atoms with E-state index >= 15 is 0 Å². The van der Waals surface area contributed by atoms with Crippen LogP contribution < -0.4 is 10.6 Å². The SMILES string of the molecule is Cc1nc(-c2cc(CNCCNCc3ccco3)n(C)c2)cs1. The van der Waals surface area contributed by atoms with Crippen molar-refractivity contribution in [3.05, 3.63) is 52.5 Å². The molecule has 5 nitrogen and oxygen atoms in total. The lowest BCUT2D eigenvalue weighted by molar-refractivity contribution is 0.479. The van der Waals surface area contributed by atoms with Gasteiger partial charge in [0.25, 0.3) is 0 Å². The van der Waals surface area contributed by atoms with Gasteiger partial charge in [-0.1, -0.05) is 0 Å². The fourth-order valence-electron chi connectivity index (χ4n) is 2.44. The molecule has 0 aromatic carbocycles. The summed E-state index contributed by atoms with van der Waals surface area (Å²) >= 11 is 1.69. The Morgan fingerprint density at radius 3 is 2.78 bits per heavy atom. The molecular weight excluding hydrogens is 308 g/mol. The maximum Gasteiger partial charge on any atom is 0.117 e. The van der Waals surface area contributed by atoms with Gasteiger partial charge in [0.2, 0.25) is 0 Å². The molecule has 2 N–H and O–H groups in total. The van der Waals surface area contributed by atoms with Gasteiger partial charge in [-0.25, -0.2) is 4.98 Å². The minimum Gasteiger partial charge on any atom is -0.468 e. The molecule has 23 heavy (non-hydrogen) atoms. The zero-order chi connectivity index (χ0) is 16.1. The lowest BCUT2D eigenvalue weighted by Gasteiger charge is -2.06. The summed E-state index contributed by atoms with van der Waals surface area (Å²) < 4.78 is 7.44. The van der Waals surface area contributed by atoms with E-state index in [1.807, 2.05) is 19.1 Å². The quantitative estimate of drug-likeness (QED) is 0.624. The normalized spacial score (nSPS) is 11.2. The molecule has 0 atom stereocenters. The molecule has 0 bridgehead atoms. The van der Waals surface area contributed by atoms with Crippen molar-refractivity contribution in [1.82, 2.24) is 20.2 Å². The van der Waals surface area contributed by atoms with Gasteiger partial charge in [-0.05, 0) is 25.1 Å². The summed E-state index contributed by atoms with van der Waals surface area (Å²) in [6.45, 7) is 5.48. The first kappa shape index (κ1) is 16.0. The van der Waals surface area contributed by atoms with Crippen molar-refractivity contribution in [2.24, 2.45) is 7.05 Å². The van der Waals surface area contributed by atoms with Gasteiger partial charge in [0.1, 0.15) is 5.76 Å². The van der Waals surface area contributed by atoms with Gasteiger partial charge >= 0.3 is 0 Å². The maximum atomic E-state index is 5.28. The first-order valence-corrected chi connectivity index (χ1v) is 8.62. The standard InChI is InChI=1S/C17H22N4OS/c1-13-20-17(12-23-13)14-8-15(21(2)11-14)9-18-5-6-19-10-16-4-3-7-22-16/h3-4,7-8,11-12,18-19H,5-6,9-10H2,1-2H3. The van der Waals surface area contributed by atoms with Crippen LogP contribution in [-0.4, -0.2) is 22.6 Å². The van der Waals surface area contributed by atoms with Crippen molar-refractivity contribution in [2.75, 3.05) is 13.1 Å². The van der Waals surface area contributed by atoms with Crippen molar-refractivity contribution in [3.63, 3.8) is 0 Å². The zero-order valence-electron chi connectivity index (χ0n) is 13.5. The smallest absolute Gasteiger partial charge is 0.117 e. The van der Waals surface area contributed by atoms with Gasteiger partial charge in [-0.15, -0.1) is 11.3 Å². The van der Waals surface area contributed by atoms with Gasteiger partial charge in [-0.3, -0.25) is 0 Å². The molecule has 0 aliphatic rings. The highest BCUT2D eigenvalue weighted by molar-refractivity contribution is 7.09. The monoisotopic (exact) mass is 330 g/mol. The number of nitrogens with zero attached hydrogens (tertiary/aromatic N) is 2. The molecule has 0 saturated heterocycles. The first-order chi connectivity index (χ1) is 11.2. The molecule has 3 rings (SSSR count). The number of hydrogen-bond acceptors (Lipinski definition) is 5. The van der Waals surface area contributed by atoms with E-state index in [-0.39, 0.29) is 0 Å². The number of rotatable bonds is 8. The van der Waals surface area contributed by atoms with Crippen molar-refractivity contribution in [2.45, 2.75) is 20.0 Å². The second-order valence-corrected chi connectivity index (χ2v) is 6.58. The van der Waals surface area contributed by atoms with Crippen LogP contribution in [0.1, 0.15) is 16.5 Å². The minimum absolute atomic E-state index is 0.770. The van der Waals surface area contributed by atoms with E-state index in [0.717, 1.165) is 42.6 Å². The number of aromatic nitrogens is 2. The Balaban J connectivity index is 1.42. The summed E-state index contributed by atoms with van der Waals surface area (Å²) in [7, 11) is 2.08. The van der Waals surface area contributed by atoms with Crippen molar-refractivity contribution in [1.29, 1.82) is 0 Å². The van der Waals surface area contributed by atoms with Crippen LogP contribution in [0.2, 0.25) is 0 Å². The molecule has 3 aromatic rings. The summed E-state index contributed by atoms with van der Waals surface area (Å²) in [6, 6.07) is 6.09. The Morgan fingerprint density at radius 1 is 1.26 bits per heavy atom. The van der Waals surface area contributed by atoms with Crippen LogP contribution in [0.4, 0.5) is 0 Å². The van der Waals surface area contributed by atoms with Crippen LogP contribution in [0.3, 0.4) is 0 Å². The highest BCUT2D eigenvalue weighted by Gasteiger charge is 2.07. The van der Waals surface area contributed by atoms with Crippen LogP contribution in [0.25, 0.3) is 11.3 Å². The topological polar surface area (TPSA) is 55.0 Å². The average molecular weight is 330 g/mol. The molecule has 0 fully saturated rings. The predicted molar refractivity (Wildman–Crippen MR) is 93.4 cm³/mol. The fourth-order valence-corrected chi connectivity index (χ4v) is 3.06. The van der Waals surface area contributed by atoms with Gasteiger partial charge < -0.3 is 19.6 Å².